The Hall–Kier alpha value is -4.07. The number of aryl methyl sites for hydroxylation is 1. The van der Waals surface area contributed by atoms with Gasteiger partial charge in [0.05, 0.1) is 34.9 Å². The molecule has 1 unspecified atom stereocenters. The predicted octanol–water partition coefficient (Wildman–Crippen LogP) is 6.22. The van der Waals surface area contributed by atoms with Gasteiger partial charge < -0.3 is 14.5 Å². The summed E-state index contributed by atoms with van der Waals surface area (Å²) in [6, 6.07) is 14.6. The minimum Gasteiger partial charge on any atom is -0.464 e. The van der Waals surface area contributed by atoms with E-state index >= 15 is 0 Å². The average molecular weight is 430 g/mol. The fourth-order valence-corrected chi connectivity index (χ4v) is 3.43. The first-order valence-corrected chi connectivity index (χ1v) is 9.76. The summed E-state index contributed by atoms with van der Waals surface area (Å²) < 4.78 is 11.7. The van der Waals surface area contributed by atoms with E-state index in [4.69, 9.17) is 26.0 Å². The van der Waals surface area contributed by atoms with Crippen LogP contribution in [0.4, 0.5) is 11.6 Å². The van der Waals surface area contributed by atoms with Crippen LogP contribution >= 0.6 is 11.6 Å². The van der Waals surface area contributed by atoms with Gasteiger partial charge in [-0.15, -0.1) is 0 Å². The van der Waals surface area contributed by atoms with Crippen LogP contribution in [0.2, 0.25) is 5.02 Å². The molecule has 0 spiro atoms. The number of nitrogens with zero attached hydrogens (tertiary/aromatic N) is 4. The molecule has 1 atom stereocenters. The smallest absolute Gasteiger partial charge is 0.230 e. The van der Waals surface area contributed by atoms with Crippen molar-refractivity contribution in [2.45, 2.75) is 19.8 Å². The van der Waals surface area contributed by atoms with Gasteiger partial charge in [-0.25, -0.2) is 4.98 Å². The molecule has 152 valence electrons. The number of rotatable bonds is 5. The van der Waals surface area contributed by atoms with Crippen LogP contribution in [-0.4, -0.2) is 9.97 Å². The molecule has 2 aromatic carbocycles. The van der Waals surface area contributed by atoms with E-state index in [1.54, 1.807) is 55.8 Å². The van der Waals surface area contributed by atoms with Crippen LogP contribution in [-0.2, 0) is 0 Å². The molecule has 0 aliphatic heterocycles. The number of hydrogen-bond acceptors (Lipinski definition) is 7. The third-order valence-electron chi connectivity index (χ3n) is 4.80. The molecule has 0 radical (unpaired) electrons. The van der Waals surface area contributed by atoms with Crippen LogP contribution in [0.3, 0.4) is 0 Å². The summed E-state index contributed by atoms with van der Waals surface area (Å²) >= 11 is 6.50. The lowest BCUT2D eigenvalue weighted by Gasteiger charge is -2.12. The summed E-state index contributed by atoms with van der Waals surface area (Å²) in [6.07, 6.45) is 3.14. The molecule has 7 nitrogen and oxygen atoms in total. The Balaban J connectivity index is 1.63. The first-order chi connectivity index (χ1) is 15.0. The zero-order valence-electron chi connectivity index (χ0n) is 16.7. The molecular formula is C23H16ClN5O2. The lowest BCUT2D eigenvalue weighted by molar-refractivity contribution is 0.458. The van der Waals surface area contributed by atoms with E-state index in [2.05, 4.69) is 27.4 Å². The molecular weight excluding hydrogens is 414 g/mol. The van der Waals surface area contributed by atoms with Crippen molar-refractivity contribution in [2.24, 2.45) is 0 Å². The zero-order chi connectivity index (χ0) is 22.0. The van der Waals surface area contributed by atoms with Gasteiger partial charge in [0.1, 0.15) is 5.58 Å². The predicted molar refractivity (Wildman–Crippen MR) is 117 cm³/mol. The summed E-state index contributed by atoms with van der Waals surface area (Å²) in [5.41, 5.74) is 3.40. The molecule has 0 saturated heterocycles. The molecule has 0 saturated carbocycles. The normalized spacial score (nSPS) is 11.5. The molecule has 0 bridgehead atoms. The number of benzene rings is 2. The Morgan fingerprint density at radius 3 is 2.68 bits per heavy atom. The number of fused-ring (bicyclic) bond motifs is 1. The highest BCUT2D eigenvalue weighted by Gasteiger charge is 2.20. The molecule has 0 aliphatic rings. The van der Waals surface area contributed by atoms with Crippen LogP contribution in [0.1, 0.15) is 29.5 Å². The Labute approximate surface area is 183 Å². The van der Waals surface area contributed by atoms with Crippen molar-refractivity contribution in [2.75, 3.05) is 5.32 Å². The quantitative estimate of drug-likeness (QED) is 0.401. The van der Waals surface area contributed by atoms with E-state index in [-0.39, 0.29) is 5.92 Å². The van der Waals surface area contributed by atoms with Gasteiger partial charge in [0.2, 0.25) is 11.8 Å². The maximum atomic E-state index is 9.23. The summed E-state index contributed by atoms with van der Waals surface area (Å²) in [7, 11) is 0. The first kappa shape index (κ1) is 20.2. The lowest BCUT2D eigenvalue weighted by Crippen LogP contribution is -1.99. The maximum Gasteiger partial charge on any atom is 0.230 e. The monoisotopic (exact) mass is 429 g/mol. The van der Waals surface area contributed by atoms with Crippen molar-refractivity contribution < 1.29 is 9.15 Å². The van der Waals surface area contributed by atoms with Crippen molar-refractivity contribution in [3.05, 3.63) is 70.6 Å². The highest BCUT2D eigenvalue weighted by atomic mass is 35.5. The van der Waals surface area contributed by atoms with Crippen molar-refractivity contribution >= 4 is 34.2 Å². The number of nitriles is 2. The summed E-state index contributed by atoms with van der Waals surface area (Å²) in [5, 5.41) is 22.4. The fourth-order valence-electron chi connectivity index (χ4n) is 3.15. The second-order valence-electron chi connectivity index (χ2n) is 6.87. The Bertz CT molecular complexity index is 1350. The van der Waals surface area contributed by atoms with Crippen molar-refractivity contribution in [1.82, 2.24) is 9.97 Å². The highest BCUT2D eigenvalue weighted by Crippen LogP contribution is 2.40. The lowest BCUT2D eigenvalue weighted by atomic mass is 10.0. The molecule has 0 amide bonds. The Morgan fingerprint density at radius 2 is 1.97 bits per heavy atom. The molecule has 0 aliphatic carbocycles. The standard InChI is InChI=1S/C23H16ClN5O2/c1-13(10-25)18-12-30-21-14(2)22(19(24)9-17(18)21)31-20-7-8-27-23(29-20)28-16-5-3-15(11-26)4-6-16/h3-9,12-13H,1-2H3,(H,27,28,29). The summed E-state index contributed by atoms with van der Waals surface area (Å²) in [6.45, 7) is 3.65. The van der Waals surface area contributed by atoms with Crippen molar-refractivity contribution in [3.8, 4) is 23.8 Å². The molecule has 2 aromatic heterocycles. The van der Waals surface area contributed by atoms with E-state index in [0.717, 1.165) is 16.6 Å². The first-order valence-electron chi connectivity index (χ1n) is 9.38. The van der Waals surface area contributed by atoms with E-state index in [0.29, 0.717) is 39.3 Å². The van der Waals surface area contributed by atoms with Gasteiger partial charge in [-0.1, -0.05) is 11.6 Å². The summed E-state index contributed by atoms with van der Waals surface area (Å²) in [5.74, 6) is 0.733. The summed E-state index contributed by atoms with van der Waals surface area (Å²) in [4.78, 5) is 8.57. The van der Waals surface area contributed by atoms with Gasteiger partial charge in [-0.3, -0.25) is 0 Å². The minimum atomic E-state index is -0.318. The van der Waals surface area contributed by atoms with Gasteiger partial charge >= 0.3 is 0 Å². The third kappa shape index (κ3) is 4.00. The Morgan fingerprint density at radius 1 is 1.19 bits per heavy atom. The van der Waals surface area contributed by atoms with Gasteiger partial charge in [0.25, 0.3) is 0 Å². The second-order valence-corrected chi connectivity index (χ2v) is 7.27. The fraction of sp³-hybridized carbons (Fsp3) is 0.130. The van der Waals surface area contributed by atoms with E-state index < -0.39 is 0 Å². The van der Waals surface area contributed by atoms with Gasteiger partial charge in [0, 0.05) is 34.5 Å². The highest BCUT2D eigenvalue weighted by molar-refractivity contribution is 6.33. The topological polar surface area (TPSA) is 108 Å². The molecule has 1 N–H and O–H groups in total. The third-order valence-corrected chi connectivity index (χ3v) is 5.08. The zero-order valence-corrected chi connectivity index (χ0v) is 17.4. The number of halogens is 1. The molecule has 0 fully saturated rings. The molecule has 8 heteroatoms. The van der Waals surface area contributed by atoms with Crippen molar-refractivity contribution in [3.63, 3.8) is 0 Å². The minimum absolute atomic E-state index is 0.299. The molecule has 4 rings (SSSR count). The van der Waals surface area contributed by atoms with Crippen LogP contribution in [0.15, 0.2) is 53.3 Å². The van der Waals surface area contributed by atoms with Crippen LogP contribution in [0, 0.1) is 29.6 Å². The Kier molecular flexibility index (Phi) is 5.44. The van der Waals surface area contributed by atoms with Crippen LogP contribution in [0.25, 0.3) is 11.0 Å². The molecule has 2 heterocycles. The number of aromatic nitrogens is 2. The van der Waals surface area contributed by atoms with E-state index in [1.165, 1.54) is 0 Å². The van der Waals surface area contributed by atoms with Gasteiger partial charge in [-0.05, 0) is 44.2 Å². The van der Waals surface area contributed by atoms with E-state index in [9.17, 15) is 5.26 Å². The largest absolute Gasteiger partial charge is 0.464 e. The van der Waals surface area contributed by atoms with Crippen LogP contribution < -0.4 is 10.1 Å². The molecule has 31 heavy (non-hydrogen) atoms. The van der Waals surface area contributed by atoms with Crippen LogP contribution in [0.5, 0.6) is 11.6 Å². The van der Waals surface area contributed by atoms with E-state index in [1.807, 2.05) is 6.92 Å². The number of furan rings is 1. The number of anilines is 2. The van der Waals surface area contributed by atoms with Gasteiger partial charge in [-0.2, -0.15) is 15.5 Å². The van der Waals surface area contributed by atoms with Gasteiger partial charge in [0.15, 0.2) is 5.75 Å². The number of ether oxygens (including phenoxy) is 1. The average Bonchev–Trinajstić information content (AvgIpc) is 3.21. The number of nitrogens with one attached hydrogen (secondary N) is 1. The van der Waals surface area contributed by atoms with Crippen molar-refractivity contribution in [1.29, 1.82) is 10.5 Å². The SMILES string of the molecule is Cc1c(Oc2ccnc(Nc3ccc(C#N)cc3)n2)c(Cl)cc2c(C(C)C#N)coc12. The second kappa shape index (κ2) is 8.35. The number of hydrogen-bond donors (Lipinski definition) is 1. The molecule has 4 aromatic rings. The maximum absolute atomic E-state index is 9.23.